The molecule has 0 unspecified atom stereocenters. The van der Waals surface area contributed by atoms with E-state index < -0.39 is 5.76 Å². The third-order valence-electron chi connectivity index (χ3n) is 1.91. The lowest BCUT2D eigenvalue weighted by Crippen LogP contribution is -2.00. The fraction of sp³-hybridized carbons (Fsp3) is 0.222. The molecule has 1 aromatic carbocycles. The standard InChI is InChI=1S/C9H8F2N4S/c1-6-2-4-7(5-3-6)15-9(12-13-14-15)16-8(10)11/h2-5,8H,1H3. The molecule has 7 heteroatoms. The lowest BCUT2D eigenvalue weighted by atomic mass is 10.2. The van der Waals surface area contributed by atoms with Crippen LogP contribution in [0.4, 0.5) is 8.78 Å². The summed E-state index contributed by atoms with van der Waals surface area (Å²) in [5, 5.41) is 10.7. The van der Waals surface area contributed by atoms with Crippen molar-refractivity contribution < 1.29 is 8.78 Å². The molecule has 0 fully saturated rings. The smallest absolute Gasteiger partial charge is 0.197 e. The van der Waals surface area contributed by atoms with Crippen molar-refractivity contribution in [2.45, 2.75) is 17.8 Å². The van der Waals surface area contributed by atoms with Gasteiger partial charge in [-0.1, -0.05) is 17.7 Å². The minimum atomic E-state index is -2.53. The fourth-order valence-electron chi connectivity index (χ4n) is 1.18. The molecule has 16 heavy (non-hydrogen) atoms. The summed E-state index contributed by atoms with van der Waals surface area (Å²) in [4.78, 5) is 0. The van der Waals surface area contributed by atoms with Gasteiger partial charge in [-0.05, 0) is 41.2 Å². The van der Waals surface area contributed by atoms with Gasteiger partial charge in [-0.3, -0.25) is 0 Å². The molecule has 0 amide bonds. The molecule has 0 N–H and O–H groups in total. The van der Waals surface area contributed by atoms with E-state index in [0.717, 1.165) is 5.56 Å². The second-order valence-electron chi connectivity index (χ2n) is 3.09. The first-order valence-electron chi connectivity index (χ1n) is 4.47. The van der Waals surface area contributed by atoms with Gasteiger partial charge in [0, 0.05) is 0 Å². The predicted molar refractivity (Wildman–Crippen MR) is 55.8 cm³/mol. The second kappa shape index (κ2) is 4.56. The second-order valence-corrected chi connectivity index (χ2v) is 4.04. The van der Waals surface area contributed by atoms with Crippen LogP contribution in [0.1, 0.15) is 5.56 Å². The summed E-state index contributed by atoms with van der Waals surface area (Å²) in [5.41, 5.74) is 1.75. The highest BCUT2D eigenvalue weighted by atomic mass is 32.2. The predicted octanol–water partition coefficient (Wildman–Crippen LogP) is 2.29. The summed E-state index contributed by atoms with van der Waals surface area (Å²) in [7, 11) is 0. The van der Waals surface area contributed by atoms with Crippen molar-refractivity contribution in [1.29, 1.82) is 0 Å². The molecule has 0 saturated heterocycles. The van der Waals surface area contributed by atoms with Gasteiger partial charge >= 0.3 is 0 Å². The Morgan fingerprint density at radius 2 is 1.94 bits per heavy atom. The summed E-state index contributed by atoms with van der Waals surface area (Å²) in [6.07, 6.45) is 0. The third-order valence-corrected chi connectivity index (χ3v) is 2.56. The maximum absolute atomic E-state index is 12.2. The molecule has 1 heterocycles. The molecule has 2 aromatic rings. The summed E-state index contributed by atoms with van der Waals surface area (Å²) in [5.74, 6) is -2.53. The molecule has 84 valence electrons. The third kappa shape index (κ3) is 2.35. The molecule has 0 aliphatic carbocycles. The normalized spacial score (nSPS) is 11.0. The molecule has 0 atom stereocenters. The molecule has 2 rings (SSSR count). The highest BCUT2D eigenvalue weighted by Crippen LogP contribution is 2.24. The molecule has 4 nitrogen and oxygen atoms in total. The van der Waals surface area contributed by atoms with Gasteiger partial charge in [0.1, 0.15) is 0 Å². The highest BCUT2D eigenvalue weighted by Gasteiger charge is 2.14. The van der Waals surface area contributed by atoms with E-state index in [0.29, 0.717) is 17.4 Å². The van der Waals surface area contributed by atoms with E-state index in [1.54, 1.807) is 12.1 Å². The zero-order chi connectivity index (χ0) is 11.5. The molecule has 0 aliphatic heterocycles. The molecule has 0 saturated carbocycles. The van der Waals surface area contributed by atoms with Gasteiger partial charge in [-0.15, -0.1) is 5.10 Å². The van der Waals surface area contributed by atoms with Crippen LogP contribution in [0.5, 0.6) is 0 Å². The maximum Gasteiger partial charge on any atom is 0.291 e. The van der Waals surface area contributed by atoms with Crippen molar-refractivity contribution in [2.24, 2.45) is 0 Å². The number of halogens is 2. The van der Waals surface area contributed by atoms with E-state index in [-0.39, 0.29) is 5.16 Å². The van der Waals surface area contributed by atoms with Crippen LogP contribution in [-0.2, 0) is 0 Å². The van der Waals surface area contributed by atoms with E-state index in [9.17, 15) is 8.78 Å². The van der Waals surface area contributed by atoms with E-state index in [4.69, 9.17) is 0 Å². The number of hydrogen-bond donors (Lipinski definition) is 0. The minimum absolute atomic E-state index is 0.0823. The zero-order valence-electron chi connectivity index (χ0n) is 8.34. The molecule has 0 spiro atoms. The maximum atomic E-state index is 12.2. The number of tetrazole rings is 1. The topological polar surface area (TPSA) is 43.6 Å². The molecule has 0 radical (unpaired) electrons. The van der Waals surface area contributed by atoms with E-state index in [2.05, 4.69) is 15.5 Å². The van der Waals surface area contributed by atoms with Gasteiger partial charge in [0.05, 0.1) is 5.69 Å². The van der Waals surface area contributed by atoms with Crippen LogP contribution < -0.4 is 0 Å². The van der Waals surface area contributed by atoms with Crippen LogP contribution in [0, 0.1) is 6.92 Å². The number of benzene rings is 1. The van der Waals surface area contributed by atoms with Crippen LogP contribution in [0.15, 0.2) is 29.4 Å². The van der Waals surface area contributed by atoms with Crippen LogP contribution in [0.3, 0.4) is 0 Å². The molecular weight excluding hydrogens is 234 g/mol. The monoisotopic (exact) mass is 242 g/mol. The van der Waals surface area contributed by atoms with Crippen molar-refractivity contribution in [3.05, 3.63) is 29.8 Å². The Hall–Kier alpha value is -1.50. The highest BCUT2D eigenvalue weighted by molar-refractivity contribution is 7.99. The SMILES string of the molecule is Cc1ccc(-n2nnnc2SC(F)F)cc1. The largest absolute Gasteiger partial charge is 0.291 e. The summed E-state index contributed by atoms with van der Waals surface area (Å²) >= 11 is 0.324. The van der Waals surface area contributed by atoms with Gasteiger partial charge in [-0.2, -0.15) is 13.5 Å². The first kappa shape index (κ1) is 11.0. The molecular formula is C9H8F2N4S. The zero-order valence-corrected chi connectivity index (χ0v) is 9.16. The van der Waals surface area contributed by atoms with Crippen LogP contribution in [0.25, 0.3) is 5.69 Å². The van der Waals surface area contributed by atoms with Crippen LogP contribution >= 0.6 is 11.8 Å². The Morgan fingerprint density at radius 3 is 2.56 bits per heavy atom. The van der Waals surface area contributed by atoms with Gasteiger partial charge in [0.2, 0.25) is 5.16 Å². The minimum Gasteiger partial charge on any atom is -0.197 e. The molecule has 0 bridgehead atoms. The Bertz CT molecular complexity index is 469. The van der Waals surface area contributed by atoms with Crippen molar-refractivity contribution in [2.75, 3.05) is 0 Å². The number of aryl methyl sites for hydroxylation is 1. The summed E-state index contributed by atoms with van der Waals surface area (Å²) in [6, 6.07) is 7.30. The van der Waals surface area contributed by atoms with Gasteiger partial charge in [0.25, 0.3) is 5.76 Å². The average Bonchev–Trinajstić information content (AvgIpc) is 2.66. The first-order valence-corrected chi connectivity index (χ1v) is 5.35. The van der Waals surface area contributed by atoms with Crippen molar-refractivity contribution in [1.82, 2.24) is 20.2 Å². The number of alkyl halides is 2. The molecule has 1 aromatic heterocycles. The van der Waals surface area contributed by atoms with Crippen LogP contribution in [0.2, 0.25) is 0 Å². The lowest BCUT2D eigenvalue weighted by Gasteiger charge is -2.03. The Morgan fingerprint density at radius 1 is 1.25 bits per heavy atom. The van der Waals surface area contributed by atoms with E-state index in [1.165, 1.54) is 4.68 Å². The van der Waals surface area contributed by atoms with Crippen molar-refractivity contribution in [3.8, 4) is 5.69 Å². The number of rotatable bonds is 3. The number of aromatic nitrogens is 4. The van der Waals surface area contributed by atoms with Gasteiger partial charge < -0.3 is 0 Å². The van der Waals surface area contributed by atoms with E-state index >= 15 is 0 Å². The van der Waals surface area contributed by atoms with Crippen molar-refractivity contribution >= 4 is 11.8 Å². The fourth-order valence-corrected chi connectivity index (χ4v) is 1.66. The summed E-state index contributed by atoms with van der Waals surface area (Å²) < 4.78 is 25.7. The first-order chi connectivity index (χ1) is 7.66. The Labute approximate surface area is 94.7 Å². The Balaban J connectivity index is 2.33. The average molecular weight is 242 g/mol. The Kier molecular flexibility index (Phi) is 3.14. The van der Waals surface area contributed by atoms with Gasteiger partial charge in [0.15, 0.2) is 0 Å². The van der Waals surface area contributed by atoms with Crippen LogP contribution in [-0.4, -0.2) is 26.0 Å². The quantitative estimate of drug-likeness (QED) is 0.774. The lowest BCUT2D eigenvalue weighted by molar-refractivity contribution is 0.251. The van der Waals surface area contributed by atoms with Crippen molar-refractivity contribution in [3.63, 3.8) is 0 Å². The number of thioether (sulfide) groups is 1. The van der Waals surface area contributed by atoms with Gasteiger partial charge in [-0.25, -0.2) is 0 Å². The molecule has 0 aliphatic rings. The number of nitrogens with zero attached hydrogens (tertiary/aromatic N) is 4. The van der Waals surface area contributed by atoms with E-state index in [1.807, 2.05) is 19.1 Å². The number of hydrogen-bond acceptors (Lipinski definition) is 4. The summed E-state index contributed by atoms with van der Waals surface area (Å²) in [6.45, 7) is 1.94.